The number of nitrogens with one attached hydrogen (secondary N) is 3. The van der Waals surface area contributed by atoms with E-state index in [1.807, 2.05) is 24.3 Å². The van der Waals surface area contributed by atoms with Gasteiger partial charge in [0.15, 0.2) is 0 Å². The zero-order valence-corrected chi connectivity index (χ0v) is 12.0. The van der Waals surface area contributed by atoms with Gasteiger partial charge in [-0.3, -0.25) is 0 Å². The summed E-state index contributed by atoms with van der Waals surface area (Å²) in [6.07, 6.45) is 2.57. The van der Waals surface area contributed by atoms with Crippen molar-refractivity contribution in [2.24, 2.45) is 11.7 Å². The van der Waals surface area contributed by atoms with Gasteiger partial charge < -0.3 is 21.7 Å². The van der Waals surface area contributed by atoms with E-state index in [-0.39, 0.29) is 0 Å². The topological polar surface area (TPSA) is 79.2 Å². The van der Waals surface area contributed by atoms with Crippen LogP contribution in [0.25, 0.3) is 0 Å². The smallest absolute Gasteiger partial charge is 0.316 e. The minimum atomic E-state index is -0.534. The Bertz CT molecular complexity index is 426. The molecule has 1 saturated heterocycles. The summed E-state index contributed by atoms with van der Waals surface area (Å²) >= 11 is 0. The van der Waals surface area contributed by atoms with Crippen LogP contribution in [0, 0.1) is 5.92 Å². The lowest BCUT2D eigenvalue weighted by atomic mass is 9.99. The number of benzene rings is 1. The van der Waals surface area contributed by atoms with Gasteiger partial charge in [-0.25, -0.2) is 4.79 Å². The van der Waals surface area contributed by atoms with Crippen LogP contribution in [-0.2, 0) is 0 Å². The molecule has 0 aromatic heterocycles. The maximum absolute atomic E-state index is 10.8. The first kappa shape index (κ1) is 14.8. The molecule has 2 rings (SSSR count). The Morgan fingerprint density at radius 1 is 1.45 bits per heavy atom. The van der Waals surface area contributed by atoms with E-state index in [0.29, 0.717) is 6.04 Å². The molecule has 0 radical (unpaired) electrons. The molecule has 2 amide bonds. The van der Waals surface area contributed by atoms with Crippen molar-refractivity contribution >= 4 is 11.7 Å². The predicted octanol–water partition coefficient (Wildman–Crippen LogP) is 1.83. The van der Waals surface area contributed by atoms with Gasteiger partial charge in [-0.15, -0.1) is 0 Å². The molecule has 1 heterocycles. The van der Waals surface area contributed by atoms with Crippen molar-refractivity contribution in [1.82, 2.24) is 10.6 Å². The lowest BCUT2D eigenvalue weighted by Crippen LogP contribution is -2.36. The molecule has 2 unspecified atom stereocenters. The highest BCUT2D eigenvalue weighted by atomic mass is 16.2. The summed E-state index contributed by atoms with van der Waals surface area (Å²) in [6.45, 7) is 5.46. The molecule has 20 heavy (non-hydrogen) atoms. The molecule has 1 fully saturated rings. The monoisotopic (exact) mass is 276 g/mol. The van der Waals surface area contributed by atoms with Crippen LogP contribution in [0.1, 0.15) is 31.4 Å². The molecule has 5 N–H and O–H groups in total. The molecule has 5 nitrogen and oxygen atoms in total. The van der Waals surface area contributed by atoms with E-state index >= 15 is 0 Å². The standard InChI is InChI=1S/C15H24N4O/c1-11(18-10-12-3-2-8-17-9-12)13-4-6-14(7-5-13)19-15(16)20/h4-7,11-12,17-18H,2-3,8-10H2,1H3,(H3,16,19,20). The van der Waals surface area contributed by atoms with Crippen LogP contribution in [0.3, 0.4) is 0 Å². The third-order valence-corrected chi connectivity index (χ3v) is 3.79. The van der Waals surface area contributed by atoms with E-state index in [9.17, 15) is 4.79 Å². The first-order valence-corrected chi connectivity index (χ1v) is 7.25. The Kier molecular flexibility index (Phi) is 5.38. The van der Waals surface area contributed by atoms with Gasteiger partial charge in [-0.1, -0.05) is 12.1 Å². The van der Waals surface area contributed by atoms with Crippen molar-refractivity contribution in [2.45, 2.75) is 25.8 Å². The number of primary amides is 1. The van der Waals surface area contributed by atoms with Crippen LogP contribution in [0.4, 0.5) is 10.5 Å². The minimum Gasteiger partial charge on any atom is -0.351 e. The number of urea groups is 1. The van der Waals surface area contributed by atoms with E-state index in [1.54, 1.807) is 0 Å². The normalized spacial score (nSPS) is 20.4. The molecule has 0 aliphatic carbocycles. The Morgan fingerprint density at radius 2 is 2.20 bits per heavy atom. The van der Waals surface area contributed by atoms with Crippen LogP contribution in [0.15, 0.2) is 24.3 Å². The second kappa shape index (κ2) is 7.26. The summed E-state index contributed by atoms with van der Waals surface area (Å²) in [5, 5.41) is 9.57. The summed E-state index contributed by atoms with van der Waals surface area (Å²) in [5.41, 5.74) is 7.02. The highest BCUT2D eigenvalue weighted by molar-refractivity contribution is 5.87. The number of piperidine rings is 1. The quantitative estimate of drug-likeness (QED) is 0.662. The van der Waals surface area contributed by atoms with E-state index in [0.717, 1.165) is 31.2 Å². The first-order valence-electron chi connectivity index (χ1n) is 7.25. The molecular weight excluding hydrogens is 252 g/mol. The Balaban J connectivity index is 1.82. The van der Waals surface area contributed by atoms with Gasteiger partial charge in [-0.2, -0.15) is 0 Å². The fraction of sp³-hybridized carbons (Fsp3) is 0.533. The number of carbonyl (C=O) groups excluding carboxylic acids is 1. The van der Waals surface area contributed by atoms with Crippen molar-refractivity contribution in [3.63, 3.8) is 0 Å². The lowest BCUT2D eigenvalue weighted by Gasteiger charge is -2.25. The van der Waals surface area contributed by atoms with Crippen molar-refractivity contribution in [2.75, 3.05) is 25.0 Å². The number of hydrogen-bond acceptors (Lipinski definition) is 3. The molecule has 5 heteroatoms. The molecule has 1 aliphatic heterocycles. The number of rotatable bonds is 5. The molecule has 0 spiro atoms. The fourth-order valence-electron chi connectivity index (χ4n) is 2.56. The molecular formula is C15H24N4O. The van der Waals surface area contributed by atoms with Crippen LogP contribution in [0.2, 0.25) is 0 Å². The summed E-state index contributed by atoms with van der Waals surface area (Å²) in [5.74, 6) is 0.724. The Morgan fingerprint density at radius 3 is 2.80 bits per heavy atom. The lowest BCUT2D eigenvalue weighted by molar-refractivity contribution is 0.259. The molecule has 1 aromatic rings. The molecule has 1 aliphatic rings. The van der Waals surface area contributed by atoms with Crippen LogP contribution >= 0.6 is 0 Å². The van der Waals surface area contributed by atoms with Crippen LogP contribution in [0.5, 0.6) is 0 Å². The number of anilines is 1. The predicted molar refractivity (Wildman–Crippen MR) is 81.7 cm³/mol. The van der Waals surface area contributed by atoms with Gasteiger partial charge in [0.1, 0.15) is 0 Å². The average Bonchev–Trinajstić information content (AvgIpc) is 2.46. The van der Waals surface area contributed by atoms with Crippen LogP contribution in [-0.4, -0.2) is 25.7 Å². The zero-order chi connectivity index (χ0) is 14.4. The number of carbonyl (C=O) groups is 1. The third kappa shape index (κ3) is 4.51. The highest BCUT2D eigenvalue weighted by Gasteiger charge is 2.14. The number of hydrogen-bond donors (Lipinski definition) is 4. The Labute approximate surface area is 120 Å². The third-order valence-electron chi connectivity index (χ3n) is 3.79. The van der Waals surface area contributed by atoms with Gasteiger partial charge in [0.2, 0.25) is 0 Å². The SMILES string of the molecule is CC(NCC1CCCNC1)c1ccc(NC(N)=O)cc1. The Hall–Kier alpha value is -1.59. The highest BCUT2D eigenvalue weighted by Crippen LogP contribution is 2.17. The maximum Gasteiger partial charge on any atom is 0.316 e. The maximum atomic E-state index is 10.8. The van der Waals surface area contributed by atoms with Crippen LogP contribution < -0.4 is 21.7 Å². The summed E-state index contributed by atoms with van der Waals surface area (Å²) in [4.78, 5) is 10.8. The summed E-state index contributed by atoms with van der Waals surface area (Å²) in [6, 6.07) is 7.55. The van der Waals surface area contributed by atoms with E-state index < -0.39 is 6.03 Å². The van der Waals surface area contributed by atoms with E-state index in [1.165, 1.54) is 18.4 Å². The van der Waals surface area contributed by atoms with Gasteiger partial charge in [0.05, 0.1) is 0 Å². The second-order valence-electron chi connectivity index (χ2n) is 5.45. The van der Waals surface area contributed by atoms with Gasteiger partial charge in [0, 0.05) is 11.7 Å². The number of nitrogens with two attached hydrogens (primary N) is 1. The van der Waals surface area contributed by atoms with Crippen molar-refractivity contribution in [3.05, 3.63) is 29.8 Å². The molecule has 2 atom stereocenters. The molecule has 0 bridgehead atoms. The zero-order valence-electron chi connectivity index (χ0n) is 12.0. The van der Waals surface area contributed by atoms with E-state index in [2.05, 4.69) is 22.9 Å². The molecule has 0 saturated carbocycles. The van der Waals surface area contributed by atoms with Crippen molar-refractivity contribution in [3.8, 4) is 0 Å². The minimum absolute atomic E-state index is 0.305. The summed E-state index contributed by atoms with van der Waals surface area (Å²) in [7, 11) is 0. The average molecular weight is 276 g/mol. The van der Waals surface area contributed by atoms with Gasteiger partial charge in [-0.05, 0) is 63.0 Å². The first-order chi connectivity index (χ1) is 9.65. The number of amides is 2. The van der Waals surface area contributed by atoms with Crippen molar-refractivity contribution < 1.29 is 4.79 Å². The largest absolute Gasteiger partial charge is 0.351 e. The van der Waals surface area contributed by atoms with Crippen molar-refractivity contribution in [1.29, 1.82) is 0 Å². The molecule has 1 aromatic carbocycles. The summed E-state index contributed by atoms with van der Waals surface area (Å²) < 4.78 is 0. The fourth-order valence-corrected chi connectivity index (χ4v) is 2.56. The molecule has 110 valence electrons. The second-order valence-corrected chi connectivity index (χ2v) is 5.45. The van der Waals surface area contributed by atoms with E-state index in [4.69, 9.17) is 5.73 Å². The van der Waals surface area contributed by atoms with Gasteiger partial charge >= 0.3 is 6.03 Å². The van der Waals surface area contributed by atoms with Gasteiger partial charge in [0.25, 0.3) is 0 Å².